The summed E-state index contributed by atoms with van der Waals surface area (Å²) in [6.45, 7) is 7.42. The van der Waals surface area contributed by atoms with E-state index in [1.807, 2.05) is 0 Å². The molecule has 0 fully saturated rings. The van der Waals surface area contributed by atoms with E-state index < -0.39 is 0 Å². The summed E-state index contributed by atoms with van der Waals surface area (Å²) in [7, 11) is 0. The topological polar surface area (TPSA) is 24.9 Å². The maximum absolute atomic E-state index is 4.70. The molecule has 1 atom stereocenters. The molecule has 0 aromatic carbocycles. The number of aromatic nitrogens is 1. The number of aryl methyl sites for hydroxylation is 2. The molecule has 0 aliphatic rings. The standard InChI is InChI=1S/C13H17BrN2S2/c1-4-5-15-12(11-6-10(14)7-17-11)13-16-8(2)9(3)18-13/h6-7,12,15H,4-5H2,1-3H3. The van der Waals surface area contributed by atoms with E-state index in [9.17, 15) is 0 Å². The third kappa shape index (κ3) is 3.20. The molecule has 0 spiro atoms. The van der Waals surface area contributed by atoms with Gasteiger partial charge in [-0.05, 0) is 48.8 Å². The van der Waals surface area contributed by atoms with E-state index in [-0.39, 0.29) is 6.04 Å². The van der Waals surface area contributed by atoms with Crippen LogP contribution in [0.2, 0.25) is 0 Å². The molecule has 0 bridgehead atoms. The normalized spacial score (nSPS) is 12.9. The van der Waals surface area contributed by atoms with Gasteiger partial charge < -0.3 is 5.32 Å². The fraction of sp³-hybridized carbons (Fsp3) is 0.462. The molecule has 2 heterocycles. The van der Waals surface area contributed by atoms with E-state index in [0.29, 0.717) is 0 Å². The molecule has 0 radical (unpaired) electrons. The molecular weight excluding hydrogens is 328 g/mol. The van der Waals surface area contributed by atoms with Gasteiger partial charge >= 0.3 is 0 Å². The second-order valence-electron chi connectivity index (χ2n) is 4.25. The summed E-state index contributed by atoms with van der Waals surface area (Å²) >= 11 is 7.10. The van der Waals surface area contributed by atoms with Crippen molar-refractivity contribution in [3.05, 3.63) is 36.4 Å². The van der Waals surface area contributed by atoms with E-state index >= 15 is 0 Å². The highest BCUT2D eigenvalue weighted by Crippen LogP contribution is 2.33. The lowest BCUT2D eigenvalue weighted by Crippen LogP contribution is -2.22. The number of hydrogen-bond acceptors (Lipinski definition) is 4. The Bertz CT molecular complexity index is 499. The van der Waals surface area contributed by atoms with Crippen LogP contribution in [0.25, 0.3) is 0 Å². The molecule has 2 aromatic heterocycles. The van der Waals surface area contributed by atoms with Crippen molar-refractivity contribution in [1.82, 2.24) is 10.3 Å². The fourth-order valence-electron chi connectivity index (χ4n) is 1.70. The van der Waals surface area contributed by atoms with Gasteiger partial charge in [-0.1, -0.05) is 6.92 Å². The Kier molecular flexibility index (Phi) is 4.95. The molecule has 18 heavy (non-hydrogen) atoms. The summed E-state index contributed by atoms with van der Waals surface area (Å²) in [6.07, 6.45) is 1.13. The number of hydrogen-bond donors (Lipinski definition) is 1. The second-order valence-corrected chi connectivity index (χ2v) is 7.34. The first-order valence-corrected chi connectivity index (χ1v) is 8.52. The monoisotopic (exact) mass is 344 g/mol. The Morgan fingerprint density at radius 2 is 2.22 bits per heavy atom. The largest absolute Gasteiger partial charge is 0.304 e. The van der Waals surface area contributed by atoms with Crippen LogP contribution in [0.4, 0.5) is 0 Å². The summed E-state index contributed by atoms with van der Waals surface area (Å²) in [5, 5.41) is 6.90. The van der Waals surface area contributed by atoms with Crippen LogP contribution in [-0.4, -0.2) is 11.5 Å². The first-order valence-electron chi connectivity index (χ1n) is 6.03. The summed E-state index contributed by atoms with van der Waals surface area (Å²) < 4.78 is 1.15. The van der Waals surface area contributed by atoms with Gasteiger partial charge in [-0.2, -0.15) is 0 Å². The van der Waals surface area contributed by atoms with Crippen LogP contribution in [0.5, 0.6) is 0 Å². The van der Waals surface area contributed by atoms with E-state index in [0.717, 1.165) is 23.1 Å². The SMILES string of the molecule is CCCNC(c1cc(Br)cs1)c1nc(C)c(C)s1. The van der Waals surface area contributed by atoms with Gasteiger partial charge in [0.15, 0.2) is 0 Å². The molecule has 0 amide bonds. The number of halogens is 1. The van der Waals surface area contributed by atoms with Crippen LogP contribution in [0.3, 0.4) is 0 Å². The van der Waals surface area contributed by atoms with Gasteiger partial charge in [0, 0.05) is 19.6 Å². The van der Waals surface area contributed by atoms with Crippen LogP contribution in [0, 0.1) is 13.8 Å². The van der Waals surface area contributed by atoms with Crippen molar-refractivity contribution in [1.29, 1.82) is 0 Å². The van der Waals surface area contributed by atoms with Crippen molar-refractivity contribution in [2.45, 2.75) is 33.2 Å². The van der Waals surface area contributed by atoms with Crippen molar-refractivity contribution in [3.63, 3.8) is 0 Å². The molecule has 0 saturated heterocycles. The van der Waals surface area contributed by atoms with Gasteiger partial charge in [0.1, 0.15) is 5.01 Å². The van der Waals surface area contributed by atoms with E-state index in [4.69, 9.17) is 4.98 Å². The molecule has 98 valence electrons. The highest BCUT2D eigenvalue weighted by atomic mass is 79.9. The van der Waals surface area contributed by atoms with Gasteiger partial charge in [0.2, 0.25) is 0 Å². The maximum Gasteiger partial charge on any atom is 0.115 e. The minimum absolute atomic E-state index is 0.235. The number of nitrogens with zero attached hydrogens (tertiary/aromatic N) is 1. The Hall–Kier alpha value is -0.230. The molecule has 2 nitrogen and oxygen atoms in total. The van der Waals surface area contributed by atoms with Crippen molar-refractivity contribution in [2.24, 2.45) is 0 Å². The average Bonchev–Trinajstić information content (AvgIpc) is 2.88. The Morgan fingerprint density at radius 1 is 1.44 bits per heavy atom. The quantitative estimate of drug-likeness (QED) is 0.852. The van der Waals surface area contributed by atoms with E-state index in [1.165, 1.54) is 14.8 Å². The number of thiazole rings is 1. The third-order valence-electron chi connectivity index (χ3n) is 2.76. The molecular formula is C13H17BrN2S2. The van der Waals surface area contributed by atoms with Crippen molar-refractivity contribution in [3.8, 4) is 0 Å². The Labute approximate surface area is 125 Å². The van der Waals surface area contributed by atoms with Crippen LogP contribution >= 0.6 is 38.6 Å². The van der Waals surface area contributed by atoms with E-state index in [2.05, 4.69) is 53.5 Å². The summed E-state index contributed by atoms with van der Waals surface area (Å²) in [4.78, 5) is 7.33. The predicted molar refractivity (Wildman–Crippen MR) is 83.7 cm³/mol. The van der Waals surface area contributed by atoms with Crippen molar-refractivity contribution >= 4 is 38.6 Å². The molecule has 5 heteroatoms. The first kappa shape index (κ1) is 14.2. The zero-order valence-electron chi connectivity index (χ0n) is 10.8. The Balaban J connectivity index is 2.30. The first-order chi connectivity index (χ1) is 8.61. The highest BCUT2D eigenvalue weighted by molar-refractivity contribution is 9.10. The maximum atomic E-state index is 4.70. The summed E-state index contributed by atoms with van der Waals surface area (Å²) in [6, 6.07) is 2.42. The van der Waals surface area contributed by atoms with Crippen LogP contribution in [0.15, 0.2) is 15.9 Å². The van der Waals surface area contributed by atoms with Gasteiger partial charge in [0.25, 0.3) is 0 Å². The minimum atomic E-state index is 0.235. The Morgan fingerprint density at radius 3 is 2.72 bits per heavy atom. The molecule has 0 aliphatic carbocycles. The molecule has 1 unspecified atom stereocenters. The minimum Gasteiger partial charge on any atom is -0.304 e. The van der Waals surface area contributed by atoms with Crippen LogP contribution in [-0.2, 0) is 0 Å². The van der Waals surface area contributed by atoms with E-state index in [1.54, 1.807) is 22.7 Å². The highest BCUT2D eigenvalue weighted by Gasteiger charge is 2.19. The number of thiophene rings is 1. The lowest BCUT2D eigenvalue weighted by molar-refractivity contribution is 0.602. The zero-order valence-corrected chi connectivity index (χ0v) is 14.0. The lowest BCUT2D eigenvalue weighted by atomic mass is 10.2. The molecule has 2 aromatic rings. The van der Waals surface area contributed by atoms with Crippen LogP contribution < -0.4 is 5.32 Å². The van der Waals surface area contributed by atoms with Gasteiger partial charge in [-0.3, -0.25) is 0 Å². The number of nitrogens with one attached hydrogen (secondary N) is 1. The van der Waals surface area contributed by atoms with Crippen molar-refractivity contribution in [2.75, 3.05) is 6.54 Å². The van der Waals surface area contributed by atoms with Gasteiger partial charge in [0.05, 0.1) is 11.7 Å². The zero-order chi connectivity index (χ0) is 13.1. The molecule has 1 N–H and O–H groups in total. The molecule has 2 rings (SSSR count). The van der Waals surface area contributed by atoms with Gasteiger partial charge in [-0.25, -0.2) is 4.98 Å². The summed E-state index contributed by atoms with van der Waals surface area (Å²) in [5.74, 6) is 0. The average molecular weight is 345 g/mol. The molecule has 0 saturated carbocycles. The second kappa shape index (κ2) is 6.28. The third-order valence-corrected chi connectivity index (χ3v) is 5.66. The smallest absolute Gasteiger partial charge is 0.115 e. The predicted octanol–water partition coefficient (Wildman–Crippen LogP) is 4.67. The summed E-state index contributed by atoms with van der Waals surface area (Å²) in [5.41, 5.74) is 1.15. The van der Waals surface area contributed by atoms with Crippen LogP contribution in [0.1, 0.15) is 39.8 Å². The molecule has 0 aliphatic heterocycles. The number of rotatable bonds is 5. The van der Waals surface area contributed by atoms with Crippen molar-refractivity contribution < 1.29 is 0 Å². The fourth-order valence-corrected chi connectivity index (χ4v) is 4.31. The van der Waals surface area contributed by atoms with Gasteiger partial charge in [-0.15, -0.1) is 22.7 Å². The lowest BCUT2D eigenvalue weighted by Gasteiger charge is -2.14.